The molecule has 5 unspecified atom stereocenters. The third kappa shape index (κ3) is 95.4. The molecule has 0 saturated heterocycles. The van der Waals surface area contributed by atoms with Crippen LogP contribution in [0.15, 0.2) is 170 Å². The molecule has 0 aliphatic carbocycles. The van der Waals surface area contributed by atoms with Crippen molar-refractivity contribution in [1.82, 2.24) is 0 Å². The average molecular weight is 1730 g/mol. The first-order valence-corrected chi connectivity index (χ1v) is 51.4. The topological polar surface area (TPSA) is 231 Å². The van der Waals surface area contributed by atoms with Crippen LogP contribution in [0, 0.1) is 0 Å². The van der Waals surface area contributed by atoms with Crippen LogP contribution in [0.25, 0.3) is 0 Å². The van der Waals surface area contributed by atoms with Crippen LogP contribution in [-0.2, 0) is 55.8 Å². The van der Waals surface area contributed by atoms with E-state index in [0.717, 1.165) is 173 Å². The molecule has 121 heavy (non-hydrogen) atoms. The Morgan fingerprint density at radius 1 is 0.240 bits per heavy atom. The third-order valence-electron chi connectivity index (χ3n) is 20.4. The lowest BCUT2D eigenvalue weighted by Crippen LogP contribution is -2.30. The second-order valence-electron chi connectivity index (χ2n) is 32.1. The Bertz CT molecular complexity index is 2880. The first-order valence-electron chi connectivity index (χ1n) is 48.4. The van der Waals surface area contributed by atoms with E-state index >= 15 is 0 Å². The summed E-state index contributed by atoms with van der Waals surface area (Å²) >= 11 is 0. The summed E-state index contributed by atoms with van der Waals surface area (Å²) in [6.45, 7) is 2.56. The third-order valence-corrected chi connectivity index (χ3v) is 22.3. The van der Waals surface area contributed by atoms with E-state index in [9.17, 15) is 43.5 Å². The maximum absolute atomic E-state index is 13.1. The lowest BCUT2D eigenvalue weighted by atomic mass is 10.0. The van der Waals surface area contributed by atoms with Gasteiger partial charge in [0.05, 0.1) is 26.4 Å². The smallest absolute Gasteiger partial charge is 0.463 e. The minimum Gasteiger partial charge on any atom is -0.463 e. The van der Waals surface area contributed by atoms with Gasteiger partial charge in [0.25, 0.3) is 0 Å². The van der Waals surface area contributed by atoms with Gasteiger partial charge >= 0.3 is 33.6 Å². The molecule has 694 valence electrons. The minimum atomic E-state index is -4.95. The number of aliphatic hydroxyl groups is 2. The molecule has 0 bridgehead atoms. The van der Waals surface area contributed by atoms with Gasteiger partial charge in [-0.1, -0.05) is 396 Å². The number of hydrogen-bond donors (Lipinski definition) is 4. The van der Waals surface area contributed by atoms with Gasteiger partial charge in [0.1, 0.15) is 25.4 Å². The fourth-order valence-electron chi connectivity index (χ4n) is 13.1. The van der Waals surface area contributed by atoms with Crippen LogP contribution in [0.4, 0.5) is 0 Å². The van der Waals surface area contributed by atoms with Crippen molar-refractivity contribution in [2.75, 3.05) is 39.6 Å². The number of rotatable bonds is 91. The molecule has 0 saturated carbocycles. The number of esters is 3. The van der Waals surface area contributed by atoms with Crippen molar-refractivity contribution in [2.45, 2.75) is 424 Å². The van der Waals surface area contributed by atoms with Gasteiger partial charge in [-0.3, -0.25) is 32.5 Å². The summed E-state index contributed by atoms with van der Waals surface area (Å²) in [6, 6.07) is 0. The predicted molar refractivity (Wildman–Crippen MR) is 509 cm³/mol. The summed E-state index contributed by atoms with van der Waals surface area (Å²) in [5, 5.41) is 20.8. The van der Waals surface area contributed by atoms with E-state index in [4.69, 9.17) is 32.3 Å². The molecule has 0 heterocycles. The molecule has 0 amide bonds. The molecule has 0 rings (SSSR count). The van der Waals surface area contributed by atoms with Crippen LogP contribution in [-0.4, -0.2) is 95.9 Å². The molecule has 18 heteroatoms. The summed E-state index contributed by atoms with van der Waals surface area (Å²) in [7, 11) is -9.82. The molecular weight excluding hydrogens is 1560 g/mol. The molecular formula is C103H176O16P2. The number of hydrogen-bond acceptors (Lipinski definition) is 14. The molecule has 0 spiro atoms. The predicted octanol–water partition coefficient (Wildman–Crippen LogP) is 30.2. The van der Waals surface area contributed by atoms with E-state index in [0.29, 0.717) is 19.3 Å². The van der Waals surface area contributed by atoms with E-state index in [-0.39, 0.29) is 19.3 Å². The quantitative estimate of drug-likeness (QED) is 0.0146. The second kappa shape index (κ2) is 94.1. The number of allylic oxidation sites excluding steroid dienone is 28. The maximum Gasteiger partial charge on any atom is 0.472 e. The summed E-state index contributed by atoms with van der Waals surface area (Å²) in [6.07, 6.45) is 122. The first kappa shape index (κ1) is 116. The van der Waals surface area contributed by atoms with Crippen LogP contribution >= 0.6 is 15.6 Å². The molecule has 0 aromatic rings. The molecule has 0 aromatic carbocycles. The summed E-state index contributed by atoms with van der Waals surface area (Å²) in [4.78, 5) is 59.1. The highest BCUT2D eigenvalue weighted by Crippen LogP contribution is 2.45. The number of unbranched alkanes of at least 4 members (excludes halogenated alkanes) is 40. The molecule has 0 aliphatic heterocycles. The largest absolute Gasteiger partial charge is 0.472 e. The van der Waals surface area contributed by atoms with Crippen LogP contribution in [0.3, 0.4) is 0 Å². The highest BCUT2D eigenvalue weighted by Gasteiger charge is 2.30. The number of carbonyl (C=O) groups excluding carboxylic acids is 3. The van der Waals surface area contributed by atoms with Crippen LogP contribution in [0.2, 0.25) is 0 Å². The number of phosphoric acid groups is 2. The Hall–Kier alpha value is -5.09. The lowest BCUT2D eigenvalue weighted by molar-refractivity contribution is -0.161. The van der Waals surface area contributed by atoms with Gasteiger partial charge in [0, 0.05) is 19.3 Å². The van der Waals surface area contributed by atoms with Crippen molar-refractivity contribution < 1.29 is 75.8 Å². The van der Waals surface area contributed by atoms with Crippen molar-refractivity contribution in [1.29, 1.82) is 0 Å². The van der Waals surface area contributed by atoms with Crippen molar-refractivity contribution in [3.05, 3.63) is 170 Å². The fourth-order valence-corrected chi connectivity index (χ4v) is 14.7. The maximum atomic E-state index is 13.1. The number of ether oxygens (including phenoxy) is 3. The number of aliphatic hydroxyl groups excluding tert-OH is 2. The van der Waals surface area contributed by atoms with E-state index in [1.807, 2.05) is 0 Å². The van der Waals surface area contributed by atoms with Crippen molar-refractivity contribution in [3.8, 4) is 0 Å². The monoisotopic (exact) mass is 1730 g/mol. The van der Waals surface area contributed by atoms with Gasteiger partial charge in [-0.15, -0.1) is 0 Å². The molecule has 0 aromatic heterocycles. The van der Waals surface area contributed by atoms with Gasteiger partial charge in [-0.2, -0.15) is 0 Å². The zero-order valence-electron chi connectivity index (χ0n) is 76.6. The Morgan fingerprint density at radius 3 is 0.694 bits per heavy atom. The van der Waals surface area contributed by atoms with E-state index in [1.165, 1.54) is 173 Å². The normalized spacial score (nSPS) is 14.5. The summed E-state index contributed by atoms with van der Waals surface area (Å²) < 4.78 is 61.6. The summed E-state index contributed by atoms with van der Waals surface area (Å²) in [5.41, 5.74) is 0. The van der Waals surface area contributed by atoms with Crippen molar-refractivity contribution >= 4 is 33.6 Å². The summed E-state index contributed by atoms with van der Waals surface area (Å²) in [5.74, 6) is -1.57. The van der Waals surface area contributed by atoms with Crippen molar-refractivity contribution in [3.63, 3.8) is 0 Å². The van der Waals surface area contributed by atoms with Gasteiger partial charge in [-0.05, 0) is 161 Å². The zero-order valence-corrected chi connectivity index (χ0v) is 78.4. The van der Waals surface area contributed by atoms with Gasteiger partial charge in [-0.25, -0.2) is 9.13 Å². The van der Waals surface area contributed by atoms with E-state index in [2.05, 4.69) is 191 Å². The highest BCUT2D eigenvalue weighted by molar-refractivity contribution is 7.47. The Kier molecular flexibility index (Phi) is 90.1. The average Bonchev–Trinajstić information content (AvgIpc) is 0.907. The number of carbonyl (C=O) groups is 3. The molecule has 0 fully saturated rings. The van der Waals surface area contributed by atoms with E-state index < -0.39 is 91.5 Å². The minimum absolute atomic E-state index is 0.0971. The van der Waals surface area contributed by atoms with Gasteiger partial charge < -0.3 is 34.2 Å². The lowest BCUT2D eigenvalue weighted by Gasteiger charge is -2.21. The molecule has 5 atom stereocenters. The van der Waals surface area contributed by atoms with Crippen molar-refractivity contribution in [2.24, 2.45) is 0 Å². The Morgan fingerprint density at radius 2 is 0.438 bits per heavy atom. The second-order valence-corrected chi connectivity index (χ2v) is 35.0. The fraction of sp³-hybridized carbons (Fsp3) is 0.699. The Balaban J connectivity index is 4.67. The van der Waals surface area contributed by atoms with Gasteiger partial charge in [0.15, 0.2) is 6.10 Å². The standard InChI is InChI=1S/C103H176O16P2/c1-4-7-10-13-16-19-22-25-28-31-34-37-40-43-46-48-51-53-56-59-62-65-68-71-74-77-80-83-86-89-101(106)113-92-98(104)93-115-120(109,110)116-94-99(105)95-117-121(111,112)118-97-100(119-103(108)91-88-85-82-79-76-73-70-67-64-61-58-55-50-45-42-39-36-33-30-27-24-21-18-15-12-9-6-3)96-114-102(107)90-87-84-81-78-75-72-69-66-63-60-57-54-52-49-47-44-41-38-35-32-29-26-23-20-17-14-11-8-5-2/h7,10,16-21,25-30,34-39,43-47,50-51,53,98-100,104-105H,4-6,8-9,11-15,22-24,31-33,40-42,48-49,52,54-97H2,1-3H3,(H,109,110)(H,111,112)/b10-7-,19-16-,20-17-,21-18-,28-25-,29-26-,30-27-,37-34-,38-35-,39-36-,46-43-,47-44-,50-45-,53-51-. The molecule has 0 aliphatic rings. The zero-order chi connectivity index (χ0) is 87.9. The number of phosphoric ester groups is 2. The van der Waals surface area contributed by atoms with Crippen LogP contribution < -0.4 is 0 Å². The first-order chi connectivity index (χ1) is 59.2. The molecule has 0 radical (unpaired) electrons. The van der Waals surface area contributed by atoms with Crippen LogP contribution in [0.1, 0.15) is 406 Å². The SMILES string of the molecule is CC/C=C\C/C=C\C/C=C\C/C=C\C/C=C\C/C=C\CCCCCCCCCCCCC(=O)OCC(O)COP(=O)(O)OCC(O)COP(=O)(O)OCC(COC(=O)CCCCCCCCCCCCCCC/C=C\C/C=C\C/C=C\C/C=C\CCCCC)OC(=O)CCCCCCCCCCCCC/C=C\C/C=C\C/C=C\C/C=C\CCCCC. The van der Waals surface area contributed by atoms with Crippen LogP contribution in [0.5, 0.6) is 0 Å². The Labute approximate surface area is 739 Å². The van der Waals surface area contributed by atoms with Gasteiger partial charge in [0.2, 0.25) is 0 Å². The van der Waals surface area contributed by atoms with E-state index in [1.54, 1.807) is 0 Å². The molecule has 16 nitrogen and oxygen atoms in total. The molecule has 4 N–H and O–H groups in total. The highest BCUT2D eigenvalue weighted by atomic mass is 31.2.